The topological polar surface area (TPSA) is 72.5 Å². The Hall–Kier alpha value is -0.970. The molecule has 0 aliphatic heterocycles. The summed E-state index contributed by atoms with van der Waals surface area (Å²) in [6.45, 7) is 1.51. The van der Waals surface area contributed by atoms with E-state index in [1.165, 1.54) is 13.0 Å². The van der Waals surface area contributed by atoms with Crippen molar-refractivity contribution in [3.05, 3.63) is 33.8 Å². The largest absolute Gasteiger partial charge is 0.444 e. The number of carbonyl (C=O) groups is 1. The molecule has 1 aromatic carbocycles. The van der Waals surface area contributed by atoms with E-state index < -0.39 is 18.3 Å². The molecule has 1 rings (SSSR count). The zero-order valence-corrected chi connectivity index (χ0v) is 10.00. The summed E-state index contributed by atoms with van der Waals surface area (Å²) in [4.78, 5) is 10.5. The first-order valence-electron chi connectivity index (χ1n) is 4.51. The zero-order valence-electron chi connectivity index (χ0n) is 8.48. The second kappa shape index (κ2) is 5.39. The predicted octanol–water partition coefficient (Wildman–Crippen LogP) is 2.51. The normalized spacial score (nSPS) is 14.2. The molecular formula is C10H11Cl2NO3. The number of carbonyl (C=O) groups excluding carboxylic acids is 1. The van der Waals surface area contributed by atoms with E-state index in [1.54, 1.807) is 12.1 Å². The Morgan fingerprint density at radius 2 is 2.12 bits per heavy atom. The summed E-state index contributed by atoms with van der Waals surface area (Å²) in [5, 5.41) is 10.6. The number of amides is 1. The van der Waals surface area contributed by atoms with E-state index >= 15 is 0 Å². The van der Waals surface area contributed by atoms with Gasteiger partial charge in [-0.3, -0.25) is 0 Å². The minimum Gasteiger partial charge on any atom is -0.444 e. The van der Waals surface area contributed by atoms with Crippen LogP contribution in [0.5, 0.6) is 0 Å². The van der Waals surface area contributed by atoms with E-state index in [4.69, 9.17) is 28.9 Å². The van der Waals surface area contributed by atoms with Gasteiger partial charge in [0.05, 0.1) is 0 Å². The molecule has 3 N–H and O–H groups in total. The minimum absolute atomic E-state index is 0.305. The van der Waals surface area contributed by atoms with E-state index in [2.05, 4.69) is 4.74 Å². The molecule has 0 radical (unpaired) electrons. The molecule has 0 fully saturated rings. The molecule has 0 saturated carbocycles. The van der Waals surface area contributed by atoms with Crippen molar-refractivity contribution in [3.8, 4) is 0 Å². The first-order valence-corrected chi connectivity index (χ1v) is 5.26. The van der Waals surface area contributed by atoms with Gasteiger partial charge in [-0.25, -0.2) is 4.79 Å². The molecule has 2 atom stereocenters. The van der Waals surface area contributed by atoms with Crippen LogP contribution in [0, 0.1) is 0 Å². The molecule has 0 aliphatic carbocycles. The van der Waals surface area contributed by atoms with Gasteiger partial charge in [-0.2, -0.15) is 0 Å². The first-order chi connectivity index (χ1) is 7.41. The Bertz CT molecular complexity index is 398. The van der Waals surface area contributed by atoms with Crippen LogP contribution in [0.1, 0.15) is 18.6 Å². The lowest BCUT2D eigenvalue weighted by Crippen LogP contribution is -2.26. The lowest BCUT2D eigenvalue weighted by Gasteiger charge is -2.19. The number of aliphatic hydroxyl groups is 1. The molecule has 0 aromatic heterocycles. The van der Waals surface area contributed by atoms with Crippen molar-refractivity contribution in [1.29, 1.82) is 0 Å². The number of primary amides is 1. The minimum atomic E-state index is -1.04. The monoisotopic (exact) mass is 263 g/mol. The number of hydrogen-bond donors (Lipinski definition) is 2. The molecule has 4 nitrogen and oxygen atoms in total. The predicted molar refractivity (Wildman–Crippen MR) is 61.6 cm³/mol. The first kappa shape index (κ1) is 13.1. The van der Waals surface area contributed by atoms with Crippen LogP contribution >= 0.6 is 23.2 Å². The number of aliphatic hydroxyl groups excluding tert-OH is 1. The second-order valence-electron chi connectivity index (χ2n) is 3.25. The number of benzene rings is 1. The Kier molecular flexibility index (Phi) is 4.41. The molecule has 0 saturated heterocycles. The van der Waals surface area contributed by atoms with Gasteiger partial charge in [-0.1, -0.05) is 29.3 Å². The van der Waals surface area contributed by atoms with Gasteiger partial charge in [0, 0.05) is 15.6 Å². The highest BCUT2D eigenvalue weighted by Crippen LogP contribution is 2.28. The molecule has 0 bridgehead atoms. The molecule has 1 unspecified atom stereocenters. The van der Waals surface area contributed by atoms with Gasteiger partial charge in [0.25, 0.3) is 0 Å². The Morgan fingerprint density at radius 3 is 2.62 bits per heavy atom. The fourth-order valence-corrected chi connectivity index (χ4v) is 1.76. The Morgan fingerprint density at radius 1 is 1.50 bits per heavy atom. The van der Waals surface area contributed by atoms with Crippen molar-refractivity contribution in [2.24, 2.45) is 5.73 Å². The van der Waals surface area contributed by atoms with Crippen LogP contribution in [0.4, 0.5) is 4.79 Å². The number of ether oxygens (including phenoxy) is 1. The standard InChI is InChI=1S/C10H11Cl2NO3/c1-5(16-10(13)15)9(14)7-3-2-6(11)4-8(7)12/h2-5,9,14H,1H3,(H2,13,15)/t5-,9?/m1/s1. The number of rotatable bonds is 3. The third kappa shape index (κ3) is 3.27. The molecule has 0 heterocycles. The third-order valence-corrected chi connectivity index (χ3v) is 2.59. The van der Waals surface area contributed by atoms with Crippen LogP contribution in [0.15, 0.2) is 18.2 Å². The summed E-state index contributed by atoms with van der Waals surface area (Å²) in [5.74, 6) is 0. The number of nitrogens with two attached hydrogens (primary N) is 1. The third-order valence-electron chi connectivity index (χ3n) is 2.03. The Labute approximate surface area is 103 Å². The summed E-state index contributed by atoms with van der Waals surface area (Å²) < 4.78 is 4.65. The fourth-order valence-electron chi connectivity index (χ4n) is 1.24. The highest BCUT2D eigenvalue weighted by molar-refractivity contribution is 6.35. The summed E-state index contributed by atoms with van der Waals surface area (Å²) in [6, 6.07) is 4.65. The van der Waals surface area contributed by atoms with Gasteiger partial charge in [0.2, 0.25) is 0 Å². The van der Waals surface area contributed by atoms with Gasteiger partial charge >= 0.3 is 6.09 Å². The highest BCUT2D eigenvalue weighted by Gasteiger charge is 2.21. The number of hydrogen-bond acceptors (Lipinski definition) is 3. The quantitative estimate of drug-likeness (QED) is 0.880. The summed E-state index contributed by atoms with van der Waals surface area (Å²) in [5.41, 5.74) is 5.28. The van der Waals surface area contributed by atoms with E-state index in [9.17, 15) is 9.90 Å². The van der Waals surface area contributed by atoms with Crippen LogP contribution in [0.2, 0.25) is 10.0 Å². The summed E-state index contributed by atoms with van der Waals surface area (Å²) in [7, 11) is 0. The Balaban J connectivity index is 2.87. The molecular weight excluding hydrogens is 253 g/mol. The van der Waals surface area contributed by atoms with Crippen LogP contribution in [-0.4, -0.2) is 17.3 Å². The van der Waals surface area contributed by atoms with Gasteiger partial charge in [-0.05, 0) is 19.1 Å². The van der Waals surface area contributed by atoms with Crippen molar-refractivity contribution in [1.82, 2.24) is 0 Å². The smallest absolute Gasteiger partial charge is 0.404 e. The maximum Gasteiger partial charge on any atom is 0.404 e. The lowest BCUT2D eigenvalue weighted by molar-refractivity contribution is 0.0158. The molecule has 1 amide bonds. The molecule has 1 aromatic rings. The molecule has 6 heteroatoms. The van der Waals surface area contributed by atoms with E-state index in [1.807, 2.05) is 0 Å². The van der Waals surface area contributed by atoms with Crippen molar-refractivity contribution in [2.45, 2.75) is 19.1 Å². The molecule has 0 aliphatic rings. The van der Waals surface area contributed by atoms with Crippen molar-refractivity contribution < 1.29 is 14.6 Å². The van der Waals surface area contributed by atoms with Crippen LogP contribution in [-0.2, 0) is 4.74 Å². The maximum atomic E-state index is 10.5. The van der Waals surface area contributed by atoms with Crippen LogP contribution in [0.3, 0.4) is 0 Å². The highest BCUT2D eigenvalue weighted by atomic mass is 35.5. The maximum absolute atomic E-state index is 10.5. The second-order valence-corrected chi connectivity index (χ2v) is 4.10. The van der Waals surface area contributed by atoms with Gasteiger partial charge in [0.15, 0.2) is 0 Å². The molecule has 0 spiro atoms. The average Bonchev–Trinajstić information content (AvgIpc) is 2.15. The van der Waals surface area contributed by atoms with Crippen LogP contribution < -0.4 is 5.73 Å². The zero-order chi connectivity index (χ0) is 12.3. The van der Waals surface area contributed by atoms with Crippen LogP contribution in [0.25, 0.3) is 0 Å². The lowest BCUT2D eigenvalue weighted by atomic mass is 10.1. The molecule has 16 heavy (non-hydrogen) atoms. The molecule has 88 valence electrons. The average molecular weight is 264 g/mol. The summed E-state index contributed by atoms with van der Waals surface area (Å²) in [6.07, 6.45) is -2.77. The van der Waals surface area contributed by atoms with E-state index in [0.717, 1.165) is 0 Å². The van der Waals surface area contributed by atoms with Crippen molar-refractivity contribution >= 4 is 29.3 Å². The van der Waals surface area contributed by atoms with Gasteiger partial charge in [-0.15, -0.1) is 0 Å². The summed E-state index contributed by atoms with van der Waals surface area (Å²) >= 11 is 11.6. The SMILES string of the molecule is C[C@@H](OC(N)=O)C(O)c1ccc(Cl)cc1Cl. The van der Waals surface area contributed by atoms with Gasteiger partial charge in [0.1, 0.15) is 12.2 Å². The fraction of sp³-hybridized carbons (Fsp3) is 0.300. The number of halogens is 2. The van der Waals surface area contributed by atoms with Crippen molar-refractivity contribution in [2.75, 3.05) is 0 Å². The van der Waals surface area contributed by atoms with Gasteiger partial charge < -0.3 is 15.6 Å². The van der Waals surface area contributed by atoms with E-state index in [0.29, 0.717) is 15.6 Å². The van der Waals surface area contributed by atoms with E-state index in [-0.39, 0.29) is 0 Å². The van der Waals surface area contributed by atoms with Crippen molar-refractivity contribution in [3.63, 3.8) is 0 Å².